The minimum Gasteiger partial charge on any atom is -0.357 e. The van der Waals surface area contributed by atoms with E-state index in [-0.39, 0.29) is 0 Å². The van der Waals surface area contributed by atoms with Crippen molar-refractivity contribution in [2.45, 2.75) is 20.3 Å². The van der Waals surface area contributed by atoms with Crippen molar-refractivity contribution in [2.24, 2.45) is 0 Å². The zero-order chi connectivity index (χ0) is 14.5. The largest absolute Gasteiger partial charge is 0.357 e. The van der Waals surface area contributed by atoms with E-state index < -0.39 is 0 Å². The molecule has 0 atom stereocenters. The van der Waals surface area contributed by atoms with Gasteiger partial charge in [0, 0.05) is 13.6 Å². The summed E-state index contributed by atoms with van der Waals surface area (Å²) in [4.78, 5) is 1.99. The molecule has 0 unspecified atom stereocenters. The summed E-state index contributed by atoms with van der Waals surface area (Å²) in [5.74, 6) is 0.659. The van der Waals surface area contributed by atoms with Crippen LogP contribution in [0.2, 0.25) is 0 Å². The molecule has 102 valence electrons. The molecule has 0 N–H and O–H groups in total. The molecule has 0 saturated carbocycles. The van der Waals surface area contributed by atoms with Crippen LogP contribution in [0.3, 0.4) is 0 Å². The Hall–Kier alpha value is -2.41. The lowest BCUT2D eigenvalue weighted by Crippen LogP contribution is -2.23. The third kappa shape index (κ3) is 2.94. The number of rotatable bonds is 4. The average molecular weight is 266 g/mol. The highest BCUT2D eigenvalue weighted by Gasteiger charge is 2.14. The first kappa shape index (κ1) is 14.0. The molecule has 0 aliphatic carbocycles. The normalized spacial score (nSPS) is 10.1. The first-order valence-electron chi connectivity index (χ1n) is 6.62. The molecular formula is C16H18N4. The van der Waals surface area contributed by atoms with Gasteiger partial charge in [-0.1, -0.05) is 30.3 Å². The zero-order valence-electron chi connectivity index (χ0n) is 12.1. The second-order valence-electron chi connectivity index (χ2n) is 4.88. The summed E-state index contributed by atoms with van der Waals surface area (Å²) < 4.78 is 0. The number of hydrogen-bond acceptors (Lipinski definition) is 4. The number of nitriles is 1. The van der Waals surface area contributed by atoms with E-state index in [1.54, 1.807) is 0 Å². The van der Waals surface area contributed by atoms with Gasteiger partial charge in [0.25, 0.3) is 0 Å². The molecule has 20 heavy (non-hydrogen) atoms. The monoisotopic (exact) mass is 266 g/mol. The molecule has 0 spiro atoms. The zero-order valence-corrected chi connectivity index (χ0v) is 12.1. The first-order chi connectivity index (χ1) is 9.63. The summed E-state index contributed by atoms with van der Waals surface area (Å²) in [6, 6.07) is 12.5. The van der Waals surface area contributed by atoms with Crippen LogP contribution < -0.4 is 4.90 Å². The van der Waals surface area contributed by atoms with E-state index in [4.69, 9.17) is 0 Å². The fourth-order valence-corrected chi connectivity index (χ4v) is 2.04. The topological polar surface area (TPSA) is 52.8 Å². The molecule has 0 amide bonds. The molecular weight excluding hydrogens is 248 g/mol. The van der Waals surface area contributed by atoms with Crippen molar-refractivity contribution in [2.75, 3.05) is 18.5 Å². The fourth-order valence-electron chi connectivity index (χ4n) is 2.04. The smallest absolute Gasteiger partial charge is 0.169 e. The Morgan fingerprint density at radius 3 is 2.50 bits per heavy atom. The van der Waals surface area contributed by atoms with Gasteiger partial charge in [-0.2, -0.15) is 10.4 Å². The second-order valence-corrected chi connectivity index (χ2v) is 4.88. The molecule has 0 aliphatic rings. The van der Waals surface area contributed by atoms with Crippen LogP contribution in [0.1, 0.15) is 22.4 Å². The number of anilines is 1. The molecule has 0 aliphatic heterocycles. The third-order valence-corrected chi connectivity index (χ3v) is 3.49. The highest BCUT2D eigenvalue weighted by atomic mass is 15.2. The highest BCUT2D eigenvalue weighted by Crippen LogP contribution is 2.20. The van der Waals surface area contributed by atoms with E-state index in [9.17, 15) is 5.26 Å². The van der Waals surface area contributed by atoms with Gasteiger partial charge in [-0.05, 0) is 31.4 Å². The van der Waals surface area contributed by atoms with E-state index >= 15 is 0 Å². The van der Waals surface area contributed by atoms with Crippen LogP contribution in [0.4, 0.5) is 5.82 Å². The summed E-state index contributed by atoms with van der Waals surface area (Å²) in [7, 11) is 1.95. The van der Waals surface area contributed by atoms with Gasteiger partial charge in [0.15, 0.2) is 5.82 Å². The van der Waals surface area contributed by atoms with Crippen LogP contribution in [0.15, 0.2) is 30.3 Å². The Kier molecular flexibility index (Phi) is 4.31. The molecule has 1 heterocycles. The Morgan fingerprint density at radius 2 is 1.85 bits per heavy atom. The summed E-state index contributed by atoms with van der Waals surface area (Å²) in [6.07, 6.45) is 0.914. The van der Waals surface area contributed by atoms with E-state index in [0.717, 1.165) is 24.2 Å². The van der Waals surface area contributed by atoms with Crippen LogP contribution in [0.25, 0.3) is 0 Å². The van der Waals surface area contributed by atoms with Crippen LogP contribution in [-0.4, -0.2) is 23.8 Å². The van der Waals surface area contributed by atoms with Gasteiger partial charge in [-0.3, -0.25) is 0 Å². The number of likely N-dealkylation sites (N-methyl/N-ethyl adjacent to an activating group) is 1. The van der Waals surface area contributed by atoms with Crippen molar-refractivity contribution in [3.05, 3.63) is 52.7 Å². The Morgan fingerprint density at radius 1 is 1.15 bits per heavy atom. The van der Waals surface area contributed by atoms with Gasteiger partial charge < -0.3 is 4.90 Å². The van der Waals surface area contributed by atoms with Crippen molar-refractivity contribution < 1.29 is 0 Å². The predicted octanol–water partition coefficient (Wildman–Crippen LogP) is 2.64. The van der Waals surface area contributed by atoms with Gasteiger partial charge in [-0.25, -0.2) is 0 Å². The van der Waals surface area contributed by atoms with E-state index in [0.29, 0.717) is 11.4 Å². The summed E-state index contributed by atoms with van der Waals surface area (Å²) >= 11 is 0. The number of aromatic nitrogens is 2. The highest BCUT2D eigenvalue weighted by molar-refractivity contribution is 5.57. The molecule has 4 heteroatoms. The maximum atomic E-state index is 9.31. The molecule has 2 rings (SSSR count). The SMILES string of the molecule is Cc1nnc(N(C)CCc2ccccc2)c(C#N)c1C. The minimum atomic E-state index is 0.619. The number of nitrogens with zero attached hydrogens (tertiary/aromatic N) is 4. The minimum absolute atomic E-state index is 0.619. The van der Waals surface area contributed by atoms with Gasteiger partial charge in [0.05, 0.1) is 5.69 Å². The van der Waals surface area contributed by atoms with Crippen molar-refractivity contribution >= 4 is 5.82 Å². The van der Waals surface area contributed by atoms with E-state index in [1.807, 2.05) is 44.0 Å². The van der Waals surface area contributed by atoms with Crippen molar-refractivity contribution in [1.29, 1.82) is 5.26 Å². The van der Waals surface area contributed by atoms with Gasteiger partial charge in [0.1, 0.15) is 11.6 Å². The van der Waals surface area contributed by atoms with Crippen molar-refractivity contribution in [3.63, 3.8) is 0 Å². The van der Waals surface area contributed by atoms with Gasteiger partial charge in [0.2, 0.25) is 0 Å². The average Bonchev–Trinajstić information content (AvgIpc) is 2.48. The summed E-state index contributed by atoms with van der Waals surface area (Å²) in [5.41, 5.74) is 3.61. The first-order valence-corrected chi connectivity index (χ1v) is 6.62. The molecule has 4 nitrogen and oxygen atoms in total. The number of aryl methyl sites for hydroxylation is 1. The standard InChI is InChI=1S/C16H18N4/c1-12-13(2)18-19-16(15(12)11-17)20(3)10-9-14-7-5-4-6-8-14/h4-8H,9-10H2,1-3H3. The maximum absolute atomic E-state index is 9.31. The van der Waals surface area contributed by atoms with Crippen LogP contribution >= 0.6 is 0 Å². The maximum Gasteiger partial charge on any atom is 0.169 e. The van der Waals surface area contributed by atoms with Crippen molar-refractivity contribution in [3.8, 4) is 6.07 Å². The molecule has 0 radical (unpaired) electrons. The van der Waals surface area contributed by atoms with E-state index in [2.05, 4.69) is 28.4 Å². The fraction of sp³-hybridized carbons (Fsp3) is 0.312. The third-order valence-electron chi connectivity index (χ3n) is 3.49. The summed E-state index contributed by atoms with van der Waals surface area (Å²) in [6.45, 7) is 4.59. The Labute approximate surface area is 119 Å². The lowest BCUT2D eigenvalue weighted by Gasteiger charge is -2.19. The lowest BCUT2D eigenvalue weighted by atomic mass is 10.1. The van der Waals surface area contributed by atoms with Gasteiger partial charge >= 0.3 is 0 Å². The molecule has 0 saturated heterocycles. The molecule has 2 aromatic rings. The molecule has 1 aromatic carbocycles. The van der Waals surface area contributed by atoms with Crippen LogP contribution in [0.5, 0.6) is 0 Å². The van der Waals surface area contributed by atoms with Gasteiger partial charge in [-0.15, -0.1) is 5.10 Å². The molecule has 0 bridgehead atoms. The molecule has 0 fully saturated rings. The van der Waals surface area contributed by atoms with Crippen LogP contribution in [-0.2, 0) is 6.42 Å². The lowest BCUT2D eigenvalue weighted by molar-refractivity contribution is 0.826. The molecule has 1 aromatic heterocycles. The Bertz CT molecular complexity index is 629. The van der Waals surface area contributed by atoms with E-state index in [1.165, 1.54) is 5.56 Å². The quantitative estimate of drug-likeness (QED) is 0.853. The number of benzene rings is 1. The predicted molar refractivity (Wildman–Crippen MR) is 79.6 cm³/mol. The van der Waals surface area contributed by atoms with Crippen molar-refractivity contribution in [1.82, 2.24) is 10.2 Å². The summed E-state index contributed by atoms with van der Waals surface area (Å²) in [5, 5.41) is 17.6. The number of hydrogen-bond donors (Lipinski definition) is 0. The Balaban J connectivity index is 2.16. The second kappa shape index (κ2) is 6.16. The van der Waals surface area contributed by atoms with Crippen LogP contribution in [0, 0.1) is 25.2 Å².